The number of aryl methyl sites for hydroxylation is 1. The third kappa shape index (κ3) is 5.07. The molecule has 0 saturated carbocycles. The molecule has 0 heterocycles. The number of thiocarbonyl (C=S) groups is 1. The lowest BCUT2D eigenvalue weighted by atomic mass is 10.1. The summed E-state index contributed by atoms with van der Waals surface area (Å²) in [4.78, 5) is 14.6. The van der Waals surface area contributed by atoms with Gasteiger partial charge >= 0.3 is 0 Å². The number of hydrogen-bond donors (Lipinski definition) is 1. The highest BCUT2D eigenvalue weighted by Crippen LogP contribution is 2.17. The number of methoxy groups -OCH3 is 1. The van der Waals surface area contributed by atoms with Gasteiger partial charge in [0, 0.05) is 37.2 Å². The average Bonchev–Trinajstić information content (AvgIpc) is 2.40. The lowest BCUT2D eigenvalue weighted by Crippen LogP contribution is -2.36. The highest BCUT2D eigenvalue weighted by molar-refractivity contribution is 7.80. The summed E-state index contributed by atoms with van der Waals surface area (Å²) < 4.78 is 5.04. The summed E-state index contributed by atoms with van der Waals surface area (Å²) in [6.07, 6.45) is 0.490. The van der Waals surface area contributed by atoms with Gasteiger partial charge in [0.2, 0.25) is 0 Å². The molecule has 1 aromatic carbocycles. The predicted molar refractivity (Wildman–Crippen MR) is 85.4 cm³/mol. The van der Waals surface area contributed by atoms with E-state index >= 15 is 0 Å². The van der Waals surface area contributed by atoms with Crippen molar-refractivity contribution >= 4 is 34.7 Å². The lowest BCUT2D eigenvalue weighted by molar-refractivity contribution is 0.0700. The van der Waals surface area contributed by atoms with Gasteiger partial charge in [0.05, 0.1) is 11.6 Å². The summed E-state index contributed by atoms with van der Waals surface area (Å²) >= 11 is 10.8. The maximum atomic E-state index is 12.6. The van der Waals surface area contributed by atoms with Crippen molar-refractivity contribution in [3.05, 3.63) is 34.3 Å². The normalized spacial score (nSPS) is 10.3. The van der Waals surface area contributed by atoms with E-state index in [1.807, 2.05) is 13.0 Å². The summed E-state index contributed by atoms with van der Waals surface area (Å²) in [5, 5.41) is 0.542. The second-order valence-electron chi connectivity index (χ2n) is 4.46. The predicted octanol–water partition coefficient (Wildman–Crippen LogP) is 2.41. The Morgan fingerprint density at radius 2 is 2.15 bits per heavy atom. The monoisotopic (exact) mass is 314 g/mol. The zero-order chi connectivity index (χ0) is 15.1. The van der Waals surface area contributed by atoms with Crippen LogP contribution in [-0.2, 0) is 4.74 Å². The minimum atomic E-state index is -0.0849. The molecule has 0 atom stereocenters. The van der Waals surface area contributed by atoms with Gasteiger partial charge in [-0.3, -0.25) is 4.79 Å². The number of nitrogens with two attached hydrogens (primary N) is 1. The molecule has 20 heavy (non-hydrogen) atoms. The van der Waals surface area contributed by atoms with Crippen LogP contribution >= 0.6 is 23.8 Å². The molecular formula is C14H19ClN2O2S. The zero-order valence-electron chi connectivity index (χ0n) is 11.7. The Kier molecular flexibility index (Phi) is 6.91. The maximum absolute atomic E-state index is 12.6. The SMILES string of the molecule is COCCN(CCC(N)=S)C(=O)c1cc(Cl)ccc1C. The molecule has 0 spiro atoms. The standard InChI is InChI=1S/C14H19ClN2O2S/c1-10-3-4-11(15)9-12(10)14(18)17(7-8-19-2)6-5-13(16)20/h3-4,9H,5-8H2,1-2H3,(H2,16,20). The van der Waals surface area contributed by atoms with Crippen LogP contribution in [0.3, 0.4) is 0 Å². The van der Waals surface area contributed by atoms with Crippen molar-refractivity contribution in [2.45, 2.75) is 13.3 Å². The first-order valence-electron chi connectivity index (χ1n) is 6.28. The highest BCUT2D eigenvalue weighted by atomic mass is 35.5. The first-order chi connectivity index (χ1) is 9.45. The molecule has 0 radical (unpaired) electrons. The molecule has 6 heteroatoms. The summed E-state index contributed by atoms with van der Waals surface area (Å²) in [5.41, 5.74) is 6.98. The van der Waals surface area contributed by atoms with E-state index in [2.05, 4.69) is 0 Å². The van der Waals surface area contributed by atoms with Crippen molar-refractivity contribution in [3.63, 3.8) is 0 Å². The van der Waals surface area contributed by atoms with Gasteiger partial charge in [0.25, 0.3) is 5.91 Å². The summed E-state index contributed by atoms with van der Waals surface area (Å²) in [5.74, 6) is -0.0849. The van der Waals surface area contributed by atoms with Gasteiger partial charge in [-0.15, -0.1) is 0 Å². The second-order valence-corrected chi connectivity index (χ2v) is 5.42. The molecule has 0 unspecified atom stereocenters. The Bertz CT molecular complexity index is 494. The lowest BCUT2D eigenvalue weighted by Gasteiger charge is -2.23. The molecular weight excluding hydrogens is 296 g/mol. The fourth-order valence-corrected chi connectivity index (χ4v) is 2.02. The van der Waals surface area contributed by atoms with E-state index in [9.17, 15) is 4.79 Å². The Hall–Kier alpha value is -1.17. The fourth-order valence-electron chi connectivity index (χ4n) is 1.76. The largest absolute Gasteiger partial charge is 0.393 e. The van der Waals surface area contributed by atoms with Gasteiger partial charge in [-0.25, -0.2) is 0 Å². The number of hydrogen-bond acceptors (Lipinski definition) is 3. The van der Waals surface area contributed by atoms with E-state index in [0.717, 1.165) is 5.56 Å². The van der Waals surface area contributed by atoms with E-state index in [1.54, 1.807) is 24.1 Å². The van der Waals surface area contributed by atoms with Crippen molar-refractivity contribution in [3.8, 4) is 0 Å². The molecule has 0 aliphatic heterocycles. The molecule has 0 aliphatic rings. The van der Waals surface area contributed by atoms with E-state index in [-0.39, 0.29) is 5.91 Å². The van der Waals surface area contributed by atoms with E-state index < -0.39 is 0 Å². The summed E-state index contributed by atoms with van der Waals surface area (Å²) in [6, 6.07) is 5.28. The quantitative estimate of drug-likeness (QED) is 0.785. The zero-order valence-corrected chi connectivity index (χ0v) is 13.3. The van der Waals surface area contributed by atoms with Crippen LogP contribution in [0.15, 0.2) is 18.2 Å². The summed E-state index contributed by atoms with van der Waals surface area (Å²) in [7, 11) is 1.60. The molecule has 0 saturated heterocycles. The molecule has 1 rings (SSSR count). The Morgan fingerprint density at radius 1 is 1.45 bits per heavy atom. The van der Waals surface area contributed by atoms with E-state index in [0.29, 0.717) is 41.7 Å². The fraction of sp³-hybridized carbons (Fsp3) is 0.429. The van der Waals surface area contributed by atoms with Crippen LogP contribution in [0.1, 0.15) is 22.3 Å². The van der Waals surface area contributed by atoms with Crippen LogP contribution < -0.4 is 5.73 Å². The van der Waals surface area contributed by atoms with Gasteiger partial charge in [-0.05, 0) is 24.6 Å². The second kappa shape index (κ2) is 8.19. The van der Waals surface area contributed by atoms with Gasteiger partial charge in [0.15, 0.2) is 0 Å². The van der Waals surface area contributed by atoms with Crippen LogP contribution in [0.4, 0.5) is 0 Å². The van der Waals surface area contributed by atoms with Crippen LogP contribution in [0.25, 0.3) is 0 Å². The average molecular weight is 315 g/mol. The molecule has 0 fully saturated rings. The van der Waals surface area contributed by atoms with Gasteiger partial charge in [-0.1, -0.05) is 29.9 Å². The van der Waals surface area contributed by atoms with Crippen LogP contribution in [0.2, 0.25) is 5.02 Å². The van der Waals surface area contributed by atoms with Crippen molar-refractivity contribution in [2.24, 2.45) is 5.73 Å². The Morgan fingerprint density at radius 3 is 2.75 bits per heavy atom. The number of amides is 1. The topological polar surface area (TPSA) is 55.6 Å². The number of ether oxygens (including phenoxy) is 1. The molecule has 4 nitrogen and oxygen atoms in total. The highest BCUT2D eigenvalue weighted by Gasteiger charge is 2.17. The van der Waals surface area contributed by atoms with Crippen molar-refractivity contribution < 1.29 is 9.53 Å². The molecule has 2 N–H and O–H groups in total. The first kappa shape index (κ1) is 16.9. The third-order valence-corrected chi connectivity index (χ3v) is 3.35. The maximum Gasteiger partial charge on any atom is 0.254 e. The molecule has 0 bridgehead atoms. The molecule has 1 aromatic rings. The molecule has 0 aromatic heterocycles. The first-order valence-corrected chi connectivity index (χ1v) is 7.07. The number of benzene rings is 1. The number of rotatable bonds is 7. The number of halogens is 1. The minimum absolute atomic E-state index is 0.0849. The van der Waals surface area contributed by atoms with Gasteiger partial charge < -0.3 is 15.4 Å². The third-order valence-electron chi connectivity index (χ3n) is 2.91. The molecule has 110 valence electrons. The van der Waals surface area contributed by atoms with Crippen molar-refractivity contribution in [2.75, 3.05) is 26.8 Å². The smallest absolute Gasteiger partial charge is 0.254 e. The number of nitrogens with zero attached hydrogens (tertiary/aromatic N) is 1. The molecule has 0 aliphatic carbocycles. The Balaban J connectivity index is 2.90. The van der Waals surface area contributed by atoms with E-state index in [1.165, 1.54) is 0 Å². The number of carbonyl (C=O) groups excluding carboxylic acids is 1. The Labute approximate surface area is 129 Å². The summed E-state index contributed by atoms with van der Waals surface area (Å²) in [6.45, 7) is 3.31. The van der Waals surface area contributed by atoms with Crippen LogP contribution in [0, 0.1) is 6.92 Å². The van der Waals surface area contributed by atoms with Gasteiger partial charge in [-0.2, -0.15) is 0 Å². The number of carbonyl (C=O) groups is 1. The van der Waals surface area contributed by atoms with Gasteiger partial charge in [0.1, 0.15) is 0 Å². The van der Waals surface area contributed by atoms with Crippen LogP contribution in [-0.4, -0.2) is 42.6 Å². The van der Waals surface area contributed by atoms with E-state index in [4.69, 9.17) is 34.3 Å². The van der Waals surface area contributed by atoms with Crippen molar-refractivity contribution in [1.82, 2.24) is 4.90 Å². The van der Waals surface area contributed by atoms with Crippen LogP contribution in [0.5, 0.6) is 0 Å². The molecule has 1 amide bonds. The minimum Gasteiger partial charge on any atom is -0.393 e. The van der Waals surface area contributed by atoms with Crippen molar-refractivity contribution in [1.29, 1.82) is 0 Å².